The van der Waals surface area contributed by atoms with Crippen molar-refractivity contribution in [2.24, 2.45) is 5.92 Å². The van der Waals surface area contributed by atoms with Gasteiger partial charge in [0.05, 0.1) is 5.56 Å². The zero-order chi connectivity index (χ0) is 11.4. The minimum absolute atomic E-state index is 0.0267. The minimum atomic E-state index is 0.0267. The van der Waals surface area contributed by atoms with Crippen molar-refractivity contribution in [3.63, 3.8) is 0 Å². The zero-order valence-corrected chi connectivity index (χ0v) is 11.6. The van der Waals surface area contributed by atoms with E-state index in [1.54, 1.807) is 11.3 Å². The summed E-state index contributed by atoms with van der Waals surface area (Å²) in [6.45, 7) is 6.88. The summed E-state index contributed by atoms with van der Waals surface area (Å²) in [5.74, 6) is 0.549. The number of hydrogen-bond donors (Lipinski definition) is 1. The summed E-state index contributed by atoms with van der Waals surface area (Å²) in [5.41, 5.74) is 1.84. The summed E-state index contributed by atoms with van der Waals surface area (Å²) in [4.78, 5) is 12.1. The van der Waals surface area contributed by atoms with E-state index in [2.05, 4.69) is 35.1 Å². The van der Waals surface area contributed by atoms with Gasteiger partial charge in [0.15, 0.2) is 0 Å². The highest BCUT2D eigenvalue weighted by molar-refractivity contribution is 9.09. The zero-order valence-electron chi connectivity index (χ0n) is 9.21. The van der Waals surface area contributed by atoms with E-state index in [-0.39, 0.29) is 5.91 Å². The molecule has 0 saturated heterocycles. The summed E-state index contributed by atoms with van der Waals surface area (Å²) in [5, 5.41) is 6.81. The average molecular weight is 290 g/mol. The molecule has 0 bridgehead atoms. The lowest BCUT2D eigenvalue weighted by Crippen LogP contribution is -2.31. The Hall–Kier alpha value is -0.350. The van der Waals surface area contributed by atoms with Gasteiger partial charge in [-0.15, -0.1) is 0 Å². The van der Waals surface area contributed by atoms with Gasteiger partial charge >= 0.3 is 0 Å². The quantitative estimate of drug-likeness (QED) is 0.848. The van der Waals surface area contributed by atoms with Crippen molar-refractivity contribution in [1.82, 2.24) is 5.32 Å². The maximum Gasteiger partial charge on any atom is 0.252 e. The summed E-state index contributed by atoms with van der Waals surface area (Å²) in [6, 6.07) is 0. The van der Waals surface area contributed by atoms with E-state index in [4.69, 9.17) is 0 Å². The second-order valence-electron chi connectivity index (χ2n) is 3.94. The van der Waals surface area contributed by atoms with Crippen LogP contribution in [0.2, 0.25) is 0 Å². The van der Waals surface area contributed by atoms with Gasteiger partial charge in [-0.25, -0.2) is 0 Å². The first-order chi connectivity index (χ1) is 7.02. The van der Waals surface area contributed by atoms with Crippen molar-refractivity contribution in [2.45, 2.75) is 25.6 Å². The predicted octanol–water partition coefficient (Wildman–Crippen LogP) is 3.21. The fourth-order valence-corrected chi connectivity index (χ4v) is 2.10. The summed E-state index contributed by atoms with van der Waals surface area (Å²) < 4.78 is 0. The number of aryl methyl sites for hydroxylation is 1. The highest BCUT2D eigenvalue weighted by Gasteiger charge is 2.13. The van der Waals surface area contributed by atoms with E-state index in [1.807, 2.05) is 17.7 Å². The summed E-state index contributed by atoms with van der Waals surface area (Å²) in [7, 11) is 0. The molecule has 1 atom stereocenters. The van der Waals surface area contributed by atoms with Gasteiger partial charge in [0.1, 0.15) is 0 Å². The van der Waals surface area contributed by atoms with E-state index < -0.39 is 0 Å². The molecule has 0 saturated carbocycles. The van der Waals surface area contributed by atoms with Gasteiger partial charge in [0.2, 0.25) is 0 Å². The molecule has 0 radical (unpaired) electrons. The smallest absolute Gasteiger partial charge is 0.252 e. The number of rotatable bonds is 4. The number of amides is 1. The normalized spacial score (nSPS) is 12.9. The predicted molar refractivity (Wildman–Crippen MR) is 68.9 cm³/mol. The van der Waals surface area contributed by atoms with Crippen LogP contribution in [0.5, 0.6) is 0 Å². The van der Waals surface area contributed by atoms with Crippen LogP contribution in [0, 0.1) is 12.8 Å². The van der Waals surface area contributed by atoms with E-state index in [0.717, 1.165) is 11.1 Å². The molecule has 0 aromatic carbocycles. The molecule has 1 rings (SSSR count). The van der Waals surface area contributed by atoms with Gasteiger partial charge in [-0.1, -0.05) is 29.8 Å². The lowest BCUT2D eigenvalue weighted by molar-refractivity contribution is 0.0953. The average Bonchev–Trinajstić information content (AvgIpc) is 2.60. The fourth-order valence-electron chi connectivity index (χ4n) is 1.11. The monoisotopic (exact) mass is 289 g/mol. The van der Waals surface area contributed by atoms with Crippen LogP contribution in [0.3, 0.4) is 0 Å². The SMILES string of the molecule is Cc1cscc1C(=O)NCC(Br)C(C)C. The van der Waals surface area contributed by atoms with Gasteiger partial charge in [0, 0.05) is 16.8 Å². The molecule has 2 nitrogen and oxygen atoms in total. The van der Waals surface area contributed by atoms with Crippen molar-refractivity contribution < 1.29 is 4.79 Å². The van der Waals surface area contributed by atoms with Crippen LogP contribution in [0.1, 0.15) is 29.8 Å². The lowest BCUT2D eigenvalue weighted by atomic mass is 10.1. The van der Waals surface area contributed by atoms with Crippen molar-refractivity contribution >= 4 is 33.2 Å². The molecule has 1 heterocycles. The largest absolute Gasteiger partial charge is 0.351 e. The molecule has 0 aliphatic rings. The number of nitrogens with one attached hydrogen (secondary N) is 1. The topological polar surface area (TPSA) is 29.1 Å². The van der Waals surface area contributed by atoms with Crippen LogP contribution >= 0.6 is 27.3 Å². The first-order valence-corrected chi connectivity index (χ1v) is 6.83. The molecule has 1 amide bonds. The number of carbonyl (C=O) groups excluding carboxylic acids is 1. The molecular formula is C11H16BrNOS. The van der Waals surface area contributed by atoms with Crippen LogP contribution in [0.25, 0.3) is 0 Å². The molecule has 4 heteroatoms. The molecule has 0 aliphatic heterocycles. The van der Waals surface area contributed by atoms with Gasteiger partial charge in [0.25, 0.3) is 5.91 Å². The van der Waals surface area contributed by atoms with Crippen molar-refractivity contribution in [3.8, 4) is 0 Å². The number of halogens is 1. The molecule has 0 spiro atoms. The van der Waals surface area contributed by atoms with Gasteiger partial charge in [-0.05, 0) is 23.8 Å². The summed E-state index contributed by atoms with van der Waals surface area (Å²) >= 11 is 5.10. The van der Waals surface area contributed by atoms with E-state index in [9.17, 15) is 4.79 Å². The Morgan fingerprint density at radius 3 is 2.67 bits per heavy atom. The third kappa shape index (κ3) is 3.61. The van der Waals surface area contributed by atoms with Crippen LogP contribution in [-0.4, -0.2) is 17.3 Å². The second kappa shape index (κ2) is 5.66. The summed E-state index contributed by atoms with van der Waals surface area (Å²) in [6.07, 6.45) is 0. The Bertz CT molecular complexity index is 335. The van der Waals surface area contributed by atoms with Crippen LogP contribution in [0.15, 0.2) is 10.8 Å². The van der Waals surface area contributed by atoms with Gasteiger partial charge < -0.3 is 5.32 Å². The number of carbonyl (C=O) groups is 1. The van der Waals surface area contributed by atoms with E-state index >= 15 is 0 Å². The Balaban J connectivity index is 2.47. The van der Waals surface area contributed by atoms with E-state index in [1.165, 1.54) is 0 Å². The number of thiophene rings is 1. The molecule has 1 aromatic heterocycles. The maximum atomic E-state index is 11.7. The standard InChI is InChI=1S/C11H16BrNOS/c1-7(2)10(12)4-13-11(14)9-6-15-5-8(9)3/h5-7,10H,4H2,1-3H3,(H,13,14). The van der Waals surface area contributed by atoms with Crippen molar-refractivity contribution in [2.75, 3.05) is 6.54 Å². The molecule has 1 unspecified atom stereocenters. The van der Waals surface area contributed by atoms with Crippen molar-refractivity contribution in [3.05, 3.63) is 21.9 Å². The molecule has 1 aromatic rings. The molecular weight excluding hydrogens is 274 g/mol. The van der Waals surface area contributed by atoms with Crippen molar-refractivity contribution in [1.29, 1.82) is 0 Å². The molecule has 0 aliphatic carbocycles. The number of hydrogen-bond acceptors (Lipinski definition) is 2. The molecule has 15 heavy (non-hydrogen) atoms. The Labute approximate surface area is 103 Å². The Kier molecular flexibility index (Phi) is 4.80. The van der Waals surface area contributed by atoms with Gasteiger partial charge in [-0.2, -0.15) is 11.3 Å². The lowest BCUT2D eigenvalue weighted by Gasteiger charge is -2.14. The Morgan fingerprint density at radius 2 is 2.20 bits per heavy atom. The number of alkyl halides is 1. The molecule has 84 valence electrons. The highest BCUT2D eigenvalue weighted by Crippen LogP contribution is 2.14. The minimum Gasteiger partial charge on any atom is -0.351 e. The first-order valence-electron chi connectivity index (χ1n) is 4.97. The third-order valence-corrected chi connectivity index (χ3v) is 4.52. The Morgan fingerprint density at radius 1 is 1.53 bits per heavy atom. The van der Waals surface area contributed by atoms with E-state index in [0.29, 0.717) is 17.3 Å². The highest BCUT2D eigenvalue weighted by atomic mass is 79.9. The first kappa shape index (κ1) is 12.7. The van der Waals surface area contributed by atoms with Crippen LogP contribution in [0.4, 0.5) is 0 Å². The third-order valence-electron chi connectivity index (χ3n) is 2.28. The fraction of sp³-hybridized carbons (Fsp3) is 0.545. The maximum absolute atomic E-state index is 11.7. The second-order valence-corrected chi connectivity index (χ2v) is 5.86. The van der Waals surface area contributed by atoms with Gasteiger partial charge in [-0.3, -0.25) is 4.79 Å². The van der Waals surface area contributed by atoms with Crippen LogP contribution in [-0.2, 0) is 0 Å². The molecule has 1 N–H and O–H groups in total. The molecule has 0 fully saturated rings. The van der Waals surface area contributed by atoms with Crippen LogP contribution < -0.4 is 5.32 Å².